The van der Waals surface area contributed by atoms with Crippen LogP contribution in [0.5, 0.6) is 0 Å². The van der Waals surface area contributed by atoms with E-state index in [1.165, 1.54) is 11.6 Å². The minimum Gasteiger partial charge on any atom is -0.361 e. The molecule has 1 aliphatic rings. The maximum atomic E-state index is 13.4. The monoisotopic (exact) mass is 246 g/mol. The molecule has 1 aromatic heterocycles. The number of benzene rings is 1. The molecule has 0 amide bonds. The van der Waals surface area contributed by atoms with Crippen LogP contribution >= 0.6 is 0 Å². The highest BCUT2D eigenvalue weighted by molar-refractivity contribution is 5.83. The van der Waals surface area contributed by atoms with Crippen molar-refractivity contribution in [2.45, 2.75) is 31.7 Å². The highest BCUT2D eigenvalue weighted by Crippen LogP contribution is 2.35. The first-order valence-electron chi connectivity index (χ1n) is 6.62. The number of aromatic amines is 1. The van der Waals surface area contributed by atoms with Gasteiger partial charge < -0.3 is 9.88 Å². The zero-order chi connectivity index (χ0) is 12.7. The largest absolute Gasteiger partial charge is 0.361 e. The molecule has 1 aliphatic heterocycles. The van der Waals surface area contributed by atoms with Crippen LogP contribution in [0.1, 0.15) is 31.2 Å². The summed E-state index contributed by atoms with van der Waals surface area (Å²) in [6, 6.07) is 5.60. The molecule has 2 heterocycles. The summed E-state index contributed by atoms with van der Waals surface area (Å²) in [5.41, 5.74) is 2.32. The molecule has 2 unspecified atom stereocenters. The van der Waals surface area contributed by atoms with Crippen LogP contribution in [0.15, 0.2) is 24.4 Å². The summed E-state index contributed by atoms with van der Waals surface area (Å²) in [6.07, 6.45) is 4.37. The summed E-state index contributed by atoms with van der Waals surface area (Å²) in [5.74, 6) is 0.399. The zero-order valence-electron chi connectivity index (χ0n) is 10.9. The van der Waals surface area contributed by atoms with Gasteiger partial charge in [-0.2, -0.15) is 0 Å². The van der Waals surface area contributed by atoms with E-state index < -0.39 is 0 Å². The van der Waals surface area contributed by atoms with Gasteiger partial charge in [0.2, 0.25) is 0 Å². The fourth-order valence-electron chi connectivity index (χ4n) is 3.02. The average Bonchev–Trinajstić information content (AvgIpc) is 2.75. The summed E-state index contributed by atoms with van der Waals surface area (Å²) < 4.78 is 13.4. The van der Waals surface area contributed by atoms with E-state index in [0.717, 1.165) is 30.3 Å². The molecule has 1 N–H and O–H groups in total. The summed E-state index contributed by atoms with van der Waals surface area (Å²) in [4.78, 5) is 5.65. The first-order valence-corrected chi connectivity index (χ1v) is 6.62. The number of aromatic nitrogens is 1. The van der Waals surface area contributed by atoms with E-state index >= 15 is 0 Å². The molecule has 0 bridgehead atoms. The normalized spacial score (nSPS) is 25.7. The Balaban J connectivity index is 1.97. The SMILES string of the molecule is CC1CC(c2c[nH]c3ccc(F)cc23)CCN1C. The van der Waals surface area contributed by atoms with Crippen LogP contribution in [0.3, 0.4) is 0 Å². The Morgan fingerprint density at radius 1 is 1.39 bits per heavy atom. The van der Waals surface area contributed by atoms with Gasteiger partial charge in [-0.25, -0.2) is 4.39 Å². The van der Waals surface area contributed by atoms with Crippen molar-refractivity contribution < 1.29 is 4.39 Å². The lowest BCUT2D eigenvalue weighted by atomic mass is 9.86. The van der Waals surface area contributed by atoms with Gasteiger partial charge in [-0.3, -0.25) is 0 Å². The van der Waals surface area contributed by atoms with Gasteiger partial charge in [-0.05, 0) is 63.0 Å². The van der Waals surface area contributed by atoms with Crippen LogP contribution in [0.25, 0.3) is 10.9 Å². The smallest absolute Gasteiger partial charge is 0.123 e. The predicted octanol–water partition coefficient (Wildman–Crippen LogP) is 3.50. The highest BCUT2D eigenvalue weighted by atomic mass is 19.1. The van der Waals surface area contributed by atoms with Gasteiger partial charge in [0.25, 0.3) is 0 Å². The second-order valence-electron chi connectivity index (χ2n) is 5.48. The Kier molecular flexibility index (Phi) is 2.86. The molecule has 0 spiro atoms. The van der Waals surface area contributed by atoms with E-state index in [2.05, 4.69) is 30.1 Å². The molecule has 1 saturated heterocycles. The molecule has 18 heavy (non-hydrogen) atoms. The van der Waals surface area contributed by atoms with Crippen LogP contribution in [-0.4, -0.2) is 29.5 Å². The third-order valence-electron chi connectivity index (χ3n) is 4.32. The first-order chi connectivity index (χ1) is 8.65. The van der Waals surface area contributed by atoms with Gasteiger partial charge in [0.1, 0.15) is 5.82 Å². The van der Waals surface area contributed by atoms with Crippen molar-refractivity contribution in [1.82, 2.24) is 9.88 Å². The van der Waals surface area contributed by atoms with Crippen molar-refractivity contribution in [2.24, 2.45) is 0 Å². The number of hydrogen-bond donors (Lipinski definition) is 1. The van der Waals surface area contributed by atoms with Crippen molar-refractivity contribution in [3.8, 4) is 0 Å². The third-order valence-corrected chi connectivity index (χ3v) is 4.32. The molecule has 2 atom stereocenters. The maximum Gasteiger partial charge on any atom is 0.123 e. The molecule has 96 valence electrons. The van der Waals surface area contributed by atoms with Crippen LogP contribution in [0.2, 0.25) is 0 Å². The number of nitrogens with zero attached hydrogens (tertiary/aromatic N) is 1. The van der Waals surface area contributed by atoms with Crippen molar-refractivity contribution in [3.05, 3.63) is 35.8 Å². The van der Waals surface area contributed by atoms with Gasteiger partial charge in [-0.15, -0.1) is 0 Å². The Morgan fingerprint density at radius 3 is 3.00 bits per heavy atom. The summed E-state index contributed by atoms with van der Waals surface area (Å²) in [6.45, 7) is 3.38. The number of halogens is 1. The Morgan fingerprint density at radius 2 is 2.22 bits per heavy atom. The van der Waals surface area contributed by atoms with Gasteiger partial charge >= 0.3 is 0 Å². The molecule has 1 fully saturated rings. The Bertz CT molecular complexity index is 561. The standard InChI is InChI=1S/C15H19FN2/c1-10-7-11(5-6-18(10)2)14-9-17-15-4-3-12(16)8-13(14)15/h3-4,8-11,17H,5-7H2,1-2H3. The molecular weight excluding hydrogens is 227 g/mol. The highest BCUT2D eigenvalue weighted by Gasteiger charge is 2.25. The average molecular weight is 246 g/mol. The Labute approximate surface area is 107 Å². The van der Waals surface area contributed by atoms with E-state index in [0.29, 0.717) is 12.0 Å². The summed E-state index contributed by atoms with van der Waals surface area (Å²) in [7, 11) is 2.18. The molecule has 3 rings (SSSR count). The minimum absolute atomic E-state index is 0.149. The molecule has 0 radical (unpaired) electrons. The van der Waals surface area contributed by atoms with Crippen LogP contribution in [-0.2, 0) is 0 Å². The molecular formula is C15H19FN2. The topological polar surface area (TPSA) is 19.0 Å². The fraction of sp³-hybridized carbons (Fsp3) is 0.467. The number of fused-ring (bicyclic) bond motifs is 1. The fourth-order valence-corrected chi connectivity index (χ4v) is 3.02. The number of piperidine rings is 1. The van der Waals surface area contributed by atoms with E-state index in [1.54, 1.807) is 6.07 Å². The van der Waals surface area contributed by atoms with Crippen LogP contribution in [0.4, 0.5) is 4.39 Å². The van der Waals surface area contributed by atoms with Gasteiger partial charge in [0.05, 0.1) is 0 Å². The van der Waals surface area contributed by atoms with Crippen molar-refractivity contribution >= 4 is 10.9 Å². The number of nitrogens with one attached hydrogen (secondary N) is 1. The second kappa shape index (κ2) is 4.39. The van der Waals surface area contributed by atoms with E-state index in [4.69, 9.17) is 0 Å². The van der Waals surface area contributed by atoms with Gasteiger partial charge in [-0.1, -0.05) is 0 Å². The molecule has 0 saturated carbocycles. The van der Waals surface area contributed by atoms with Gasteiger partial charge in [0.15, 0.2) is 0 Å². The molecule has 2 aromatic rings. The molecule has 2 nitrogen and oxygen atoms in total. The minimum atomic E-state index is -0.149. The van der Waals surface area contributed by atoms with E-state index in [9.17, 15) is 4.39 Å². The molecule has 3 heteroatoms. The van der Waals surface area contributed by atoms with Crippen molar-refractivity contribution in [3.63, 3.8) is 0 Å². The lowest BCUT2D eigenvalue weighted by Gasteiger charge is -2.35. The summed E-state index contributed by atoms with van der Waals surface area (Å²) in [5, 5.41) is 1.05. The number of rotatable bonds is 1. The maximum absolute atomic E-state index is 13.4. The lowest BCUT2D eigenvalue weighted by Crippen LogP contribution is -2.36. The number of H-pyrrole nitrogens is 1. The predicted molar refractivity (Wildman–Crippen MR) is 72.3 cm³/mol. The second-order valence-corrected chi connectivity index (χ2v) is 5.48. The molecule has 0 aliphatic carbocycles. The quantitative estimate of drug-likeness (QED) is 0.816. The van der Waals surface area contributed by atoms with Crippen LogP contribution < -0.4 is 0 Å². The number of likely N-dealkylation sites (tertiary alicyclic amines) is 1. The zero-order valence-corrected chi connectivity index (χ0v) is 10.9. The van der Waals surface area contributed by atoms with Crippen molar-refractivity contribution in [1.29, 1.82) is 0 Å². The third kappa shape index (κ3) is 1.93. The first kappa shape index (κ1) is 11.7. The summed E-state index contributed by atoms with van der Waals surface area (Å²) >= 11 is 0. The van der Waals surface area contributed by atoms with E-state index in [1.807, 2.05) is 6.07 Å². The Hall–Kier alpha value is -1.35. The van der Waals surface area contributed by atoms with Crippen LogP contribution in [0, 0.1) is 5.82 Å². The van der Waals surface area contributed by atoms with Gasteiger partial charge in [0, 0.05) is 23.1 Å². The van der Waals surface area contributed by atoms with E-state index in [-0.39, 0.29) is 5.82 Å². The lowest BCUT2D eigenvalue weighted by molar-refractivity contribution is 0.183. The number of hydrogen-bond acceptors (Lipinski definition) is 1. The van der Waals surface area contributed by atoms with Crippen molar-refractivity contribution in [2.75, 3.05) is 13.6 Å². The molecule has 1 aromatic carbocycles.